The molecule has 0 aliphatic carbocycles. The Labute approximate surface area is 83.9 Å². The van der Waals surface area contributed by atoms with Crippen molar-refractivity contribution in [2.24, 2.45) is 0 Å². The first-order valence-corrected chi connectivity index (χ1v) is 6.68. The van der Waals surface area contributed by atoms with Crippen LogP contribution >= 0.6 is 0 Å². The van der Waals surface area contributed by atoms with Crippen LogP contribution in [0, 0.1) is 0 Å². The Morgan fingerprint density at radius 1 is 1.23 bits per heavy atom. The third-order valence-corrected chi connectivity index (χ3v) is 3.41. The molecule has 0 N–H and O–H groups in total. The van der Waals surface area contributed by atoms with Gasteiger partial charge < -0.3 is 0 Å². The molecule has 1 nitrogen and oxygen atoms in total. The summed E-state index contributed by atoms with van der Waals surface area (Å²) in [4.78, 5) is 4.04. The summed E-state index contributed by atoms with van der Waals surface area (Å²) in [6.07, 6.45) is 8.34. The van der Waals surface area contributed by atoms with Crippen molar-refractivity contribution in [2.75, 3.05) is 18.3 Å². The molecule has 0 bridgehead atoms. The van der Waals surface area contributed by atoms with Crippen LogP contribution in [-0.2, 0) is 16.3 Å². The van der Waals surface area contributed by atoms with E-state index in [0.717, 1.165) is 0 Å². The van der Waals surface area contributed by atoms with Gasteiger partial charge in [0.1, 0.15) is 5.75 Å². The number of aromatic nitrogens is 1. The molecule has 0 aromatic carbocycles. The van der Waals surface area contributed by atoms with Gasteiger partial charge in [-0.25, -0.2) is 0 Å². The van der Waals surface area contributed by atoms with Crippen molar-refractivity contribution in [1.29, 1.82) is 0 Å². The molecule has 0 spiro atoms. The maximum absolute atomic E-state index is 4.04. The molecule has 0 aliphatic heterocycles. The van der Waals surface area contributed by atoms with Gasteiger partial charge in [0.05, 0.1) is 12.5 Å². The minimum Gasteiger partial charge on any atom is -0.265 e. The topological polar surface area (TPSA) is 12.9 Å². The minimum atomic E-state index is 0.287. The zero-order valence-electron chi connectivity index (χ0n) is 8.87. The fraction of sp³-hybridized carbons (Fsp3) is 0.545. The summed E-state index contributed by atoms with van der Waals surface area (Å²) in [6, 6.07) is 4.24. The summed E-state index contributed by atoms with van der Waals surface area (Å²) in [5.41, 5.74) is 1.68. The summed E-state index contributed by atoms with van der Waals surface area (Å²) in [5, 5.41) is 0. The summed E-state index contributed by atoms with van der Waals surface area (Å²) in [7, 11) is 0.494. The summed E-state index contributed by atoms with van der Waals surface area (Å²) < 4.78 is 0. The Hall–Kier alpha value is -0.500. The van der Waals surface area contributed by atoms with Crippen LogP contribution in [0.15, 0.2) is 24.5 Å². The van der Waals surface area contributed by atoms with E-state index in [9.17, 15) is 0 Å². The van der Waals surface area contributed by atoms with Gasteiger partial charge in [-0.2, -0.15) is 0 Å². The zero-order chi connectivity index (χ0) is 9.90. The lowest BCUT2D eigenvalue weighted by molar-refractivity contribution is 0.599. The van der Waals surface area contributed by atoms with Crippen LogP contribution in [0.3, 0.4) is 0 Å². The van der Waals surface area contributed by atoms with Crippen LogP contribution in [0.4, 0.5) is 0 Å². The van der Waals surface area contributed by atoms with E-state index in [1.807, 2.05) is 12.4 Å². The van der Waals surface area contributed by atoms with Crippen LogP contribution in [0.2, 0.25) is 0 Å². The van der Waals surface area contributed by atoms with Gasteiger partial charge in [-0.3, -0.25) is 4.98 Å². The standard InChI is InChI=1S/C11H18NS/c1-11(2,9-13(3)4)10-5-7-12-8-6-10/h5-8H,9H2,1-4H3/q+1. The molecule has 1 aromatic heterocycles. The van der Waals surface area contributed by atoms with Crippen molar-refractivity contribution in [3.8, 4) is 0 Å². The molecule has 1 aromatic rings. The molecule has 0 unspecified atom stereocenters. The first-order chi connectivity index (χ1) is 6.02. The Morgan fingerprint density at radius 2 is 1.77 bits per heavy atom. The number of hydrogen-bond donors (Lipinski definition) is 0. The normalized spacial score (nSPS) is 12.1. The molecule has 1 heterocycles. The predicted molar refractivity (Wildman–Crippen MR) is 61.3 cm³/mol. The van der Waals surface area contributed by atoms with Crippen LogP contribution in [-0.4, -0.2) is 23.2 Å². The molecular formula is C11H18NS+. The molecule has 0 atom stereocenters. The number of hydrogen-bond acceptors (Lipinski definition) is 1. The first kappa shape index (κ1) is 10.6. The highest BCUT2D eigenvalue weighted by Crippen LogP contribution is 2.23. The van der Waals surface area contributed by atoms with E-state index in [1.54, 1.807) is 0 Å². The highest BCUT2D eigenvalue weighted by molar-refractivity contribution is 7.95. The molecule has 72 valence electrons. The van der Waals surface area contributed by atoms with E-state index in [1.165, 1.54) is 11.3 Å². The van der Waals surface area contributed by atoms with Crippen molar-refractivity contribution in [3.63, 3.8) is 0 Å². The second-order valence-electron chi connectivity index (χ2n) is 4.25. The Morgan fingerprint density at radius 3 is 2.23 bits per heavy atom. The summed E-state index contributed by atoms with van der Waals surface area (Å²) in [5.74, 6) is 1.25. The maximum Gasteiger partial charge on any atom is 0.116 e. The van der Waals surface area contributed by atoms with Gasteiger partial charge in [0, 0.05) is 17.8 Å². The highest BCUT2D eigenvalue weighted by Gasteiger charge is 2.26. The molecule has 0 fully saturated rings. The van der Waals surface area contributed by atoms with Crippen molar-refractivity contribution >= 4 is 10.9 Å². The predicted octanol–water partition coefficient (Wildman–Crippen LogP) is 2.24. The van der Waals surface area contributed by atoms with E-state index in [2.05, 4.69) is 43.5 Å². The van der Waals surface area contributed by atoms with Crippen LogP contribution in [0.1, 0.15) is 19.4 Å². The third kappa shape index (κ3) is 3.03. The molecule has 1 rings (SSSR count). The molecule has 2 heteroatoms. The summed E-state index contributed by atoms with van der Waals surface area (Å²) in [6.45, 7) is 4.60. The van der Waals surface area contributed by atoms with E-state index in [4.69, 9.17) is 0 Å². The van der Waals surface area contributed by atoms with Crippen molar-refractivity contribution < 1.29 is 0 Å². The minimum absolute atomic E-state index is 0.287. The van der Waals surface area contributed by atoms with Gasteiger partial charge in [0.2, 0.25) is 0 Å². The maximum atomic E-state index is 4.04. The Balaban J connectivity index is 2.81. The molecule has 0 saturated carbocycles. The molecule has 0 radical (unpaired) electrons. The van der Waals surface area contributed by atoms with Gasteiger partial charge in [-0.05, 0) is 28.6 Å². The molecule has 0 saturated heterocycles. The lowest BCUT2D eigenvalue weighted by Crippen LogP contribution is -2.27. The number of pyridine rings is 1. The first-order valence-electron chi connectivity index (χ1n) is 4.47. The number of nitrogens with zero attached hydrogens (tertiary/aromatic N) is 1. The average molecular weight is 196 g/mol. The summed E-state index contributed by atoms with van der Waals surface area (Å²) >= 11 is 0. The SMILES string of the molecule is C[S+](C)CC(C)(C)c1ccncc1. The van der Waals surface area contributed by atoms with E-state index in [-0.39, 0.29) is 5.41 Å². The van der Waals surface area contributed by atoms with E-state index >= 15 is 0 Å². The van der Waals surface area contributed by atoms with Crippen LogP contribution in [0.25, 0.3) is 0 Å². The van der Waals surface area contributed by atoms with Gasteiger partial charge in [0.15, 0.2) is 0 Å². The zero-order valence-corrected chi connectivity index (χ0v) is 9.69. The lowest BCUT2D eigenvalue weighted by Gasteiger charge is -2.22. The van der Waals surface area contributed by atoms with Gasteiger partial charge in [-0.15, -0.1) is 0 Å². The third-order valence-electron chi connectivity index (χ3n) is 2.11. The Kier molecular flexibility index (Phi) is 3.37. The number of rotatable bonds is 3. The highest BCUT2D eigenvalue weighted by atomic mass is 32.2. The monoisotopic (exact) mass is 196 g/mol. The van der Waals surface area contributed by atoms with Crippen molar-refractivity contribution in [2.45, 2.75) is 19.3 Å². The van der Waals surface area contributed by atoms with Crippen molar-refractivity contribution in [3.05, 3.63) is 30.1 Å². The Bertz CT molecular complexity index is 254. The van der Waals surface area contributed by atoms with Gasteiger partial charge in [-0.1, -0.05) is 13.8 Å². The average Bonchev–Trinajstić information content (AvgIpc) is 2.04. The second-order valence-corrected chi connectivity index (χ2v) is 6.51. The van der Waals surface area contributed by atoms with Crippen LogP contribution < -0.4 is 0 Å². The quantitative estimate of drug-likeness (QED) is 0.676. The van der Waals surface area contributed by atoms with Crippen LogP contribution in [0.5, 0.6) is 0 Å². The fourth-order valence-electron chi connectivity index (χ4n) is 1.61. The molecule has 13 heavy (non-hydrogen) atoms. The van der Waals surface area contributed by atoms with E-state index in [0.29, 0.717) is 10.9 Å². The molecule has 0 aliphatic rings. The van der Waals surface area contributed by atoms with Gasteiger partial charge >= 0.3 is 0 Å². The van der Waals surface area contributed by atoms with Crippen molar-refractivity contribution in [1.82, 2.24) is 4.98 Å². The smallest absolute Gasteiger partial charge is 0.116 e. The molecular weight excluding hydrogens is 178 g/mol. The van der Waals surface area contributed by atoms with Gasteiger partial charge in [0.25, 0.3) is 0 Å². The second kappa shape index (κ2) is 4.14. The van der Waals surface area contributed by atoms with E-state index < -0.39 is 0 Å². The fourth-order valence-corrected chi connectivity index (χ4v) is 3.22. The largest absolute Gasteiger partial charge is 0.265 e. The lowest BCUT2D eigenvalue weighted by atomic mass is 9.88. The molecule has 0 amide bonds.